The van der Waals surface area contributed by atoms with Crippen molar-refractivity contribution in [2.45, 2.75) is 62.8 Å². The maximum atomic E-state index is 13.5. The van der Waals surface area contributed by atoms with Crippen molar-refractivity contribution in [3.05, 3.63) is 107 Å². The molecule has 0 spiro atoms. The van der Waals surface area contributed by atoms with E-state index in [1.54, 1.807) is 10.6 Å². The zero-order valence-corrected chi connectivity index (χ0v) is 26.6. The van der Waals surface area contributed by atoms with Crippen molar-refractivity contribution in [3.63, 3.8) is 0 Å². The molecule has 3 aromatic carbocycles. The van der Waals surface area contributed by atoms with E-state index >= 15 is 0 Å². The van der Waals surface area contributed by atoms with Gasteiger partial charge in [-0.3, -0.25) is 14.2 Å². The van der Waals surface area contributed by atoms with Gasteiger partial charge in [0.1, 0.15) is 5.82 Å². The molecule has 2 heterocycles. The van der Waals surface area contributed by atoms with E-state index in [0.717, 1.165) is 29.7 Å². The third-order valence-corrected chi connectivity index (χ3v) is 9.14. The Labute approximate surface area is 271 Å². The monoisotopic (exact) mass is 649 g/mol. The van der Waals surface area contributed by atoms with Crippen LogP contribution in [0.4, 0.5) is 13.2 Å². The molecule has 1 aromatic heterocycles. The van der Waals surface area contributed by atoms with Gasteiger partial charge >= 0.3 is 6.18 Å². The highest BCUT2D eigenvalue weighted by atomic mass is 32.2. The number of carbonyl (C=O) groups excluding carboxylic acids is 2. The number of thioether (sulfide) groups is 1. The van der Waals surface area contributed by atoms with Crippen molar-refractivity contribution in [2.24, 2.45) is 0 Å². The lowest BCUT2D eigenvalue weighted by Crippen LogP contribution is -2.55. The standard InChI is InChI=1S/C35H38F3N5O2S/c1-26-25-41(20-21-42(26)33(45)19-18-27-11-4-2-5-12-27)32(44)17-8-9-22-46-34-40-39-31(23-28-13-6-3-7-14-28)43(34)30-16-10-15-29(24-30)35(36,37)38/h2-7,10-16,24,26H,8-9,17-23,25H2,1H3. The molecule has 242 valence electrons. The summed E-state index contributed by atoms with van der Waals surface area (Å²) in [7, 11) is 0. The van der Waals surface area contributed by atoms with E-state index in [4.69, 9.17) is 0 Å². The Morgan fingerprint density at radius 2 is 1.57 bits per heavy atom. The molecule has 0 aliphatic carbocycles. The van der Waals surface area contributed by atoms with Gasteiger partial charge in [-0.1, -0.05) is 78.5 Å². The molecule has 46 heavy (non-hydrogen) atoms. The fraction of sp³-hybridized carbons (Fsp3) is 0.371. The topological polar surface area (TPSA) is 71.3 Å². The van der Waals surface area contributed by atoms with Crippen LogP contribution in [0, 0.1) is 0 Å². The van der Waals surface area contributed by atoms with Gasteiger partial charge < -0.3 is 9.80 Å². The first-order valence-corrected chi connectivity index (χ1v) is 16.6. The highest BCUT2D eigenvalue weighted by Crippen LogP contribution is 2.32. The van der Waals surface area contributed by atoms with E-state index in [2.05, 4.69) is 10.2 Å². The number of benzene rings is 3. The van der Waals surface area contributed by atoms with Gasteiger partial charge in [0.25, 0.3) is 0 Å². The number of aromatic nitrogens is 3. The minimum Gasteiger partial charge on any atom is -0.339 e. The van der Waals surface area contributed by atoms with Crippen LogP contribution in [-0.2, 0) is 28.6 Å². The summed E-state index contributed by atoms with van der Waals surface area (Å²) in [6.07, 6.45) is -1.09. The highest BCUT2D eigenvalue weighted by molar-refractivity contribution is 7.99. The molecule has 1 fully saturated rings. The molecule has 2 amide bonds. The number of carbonyl (C=O) groups is 2. The molecular formula is C35H38F3N5O2S. The lowest BCUT2D eigenvalue weighted by atomic mass is 10.1. The lowest BCUT2D eigenvalue weighted by Gasteiger charge is -2.40. The van der Waals surface area contributed by atoms with Crippen LogP contribution in [0.25, 0.3) is 5.69 Å². The third kappa shape index (κ3) is 8.78. The molecule has 0 saturated carbocycles. The summed E-state index contributed by atoms with van der Waals surface area (Å²) in [4.78, 5) is 29.6. The van der Waals surface area contributed by atoms with Gasteiger partial charge in [0.05, 0.1) is 11.3 Å². The second-order valence-electron chi connectivity index (χ2n) is 11.5. The molecule has 1 aliphatic rings. The predicted octanol–water partition coefficient (Wildman–Crippen LogP) is 6.83. The van der Waals surface area contributed by atoms with Gasteiger partial charge in [0.15, 0.2) is 5.16 Å². The fourth-order valence-electron chi connectivity index (χ4n) is 5.66. The van der Waals surface area contributed by atoms with Crippen molar-refractivity contribution < 1.29 is 22.8 Å². The number of nitrogens with zero attached hydrogens (tertiary/aromatic N) is 5. The first-order chi connectivity index (χ1) is 22.2. The number of unbranched alkanes of at least 4 members (excludes halogenated alkanes) is 1. The number of hydrogen-bond acceptors (Lipinski definition) is 5. The summed E-state index contributed by atoms with van der Waals surface area (Å²) >= 11 is 1.42. The Morgan fingerprint density at radius 1 is 0.848 bits per heavy atom. The molecule has 5 rings (SSSR count). The molecule has 11 heteroatoms. The Balaban J connectivity index is 1.12. The van der Waals surface area contributed by atoms with Crippen molar-refractivity contribution >= 4 is 23.6 Å². The second kappa shape index (κ2) is 15.4. The van der Waals surface area contributed by atoms with E-state index in [1.165, 1.54) is 17.8 Å². The van der Waals surface area contributed by atoms with Crippen molar-refractivity contribution in [2.75, 3.05) is 25.4 Å². The normalized spacial score (nSPS) is 15.3. The Bertz CT molecular complexity index is 1600. The summed E-state index contributed by atoms with van der Waals surface area (Å²) in [6, 6.07) is 24.7. The largest absolute Gasteiger partial charge is 0.416 e. The first kappa shape index (κ1) is 33.2. The van der Waals surface area contributed by atoms with Gasteiger partial charge in [-0.25, -0.2) is 0 Å². The van der Waals surface area contributed by atoms with E-state index in [9.17, 15) is 22.8 Å². The van der Waals surface area contributed by atoms with Gasteiger partial charge in [-0.15, -0.1) is 10.2 Å². The van der Waals surface area contributed by atoms with Crippen LogP contribution in [0.2, 0.25) is 0 Å². The van der Waals surface area contributed by atoms with Gasteiger partial charge in [0, 0.05) is 50.7 Å². The number of amides is 2. The molecular weight excluding hydrogens is 611 g/mol. The zero-order chi connectivity index (χ0) is 32.5. The van der Waals surface area contributed by atoms with Gasteiger partial charge in [0.2, 0.25) is 11.8 Å². The van der Waals surface area contributed by atoms with Crippen LogP contribution in [-0.4, -0.2) is 67.8 Å². The molecule has 0 bridgehead atoms. The fourth-order valence-corrected chi connectivity index (χ4v) is 6.63. The summed E-state index contributed by atoms with van der Waals surface area (Å²) < 4.78 is 42.2. The van der Waals surface area contributed by atoms with Crippen LogP contribution in [0.3, 0.4) is 0 Å². The number of aryl methyl sites for hydroxylation is 1. The quantitative estimate of drug-likeness (QED) is 0.124. The SMILES string of the molecule is CC1CN(C(=O)CCCCSc2nnc(Cc3ccccc3)n2-c2cccc(C(F)(F)F)c2)CCN1C(=O)CCc1ccccc1. The average molecular weight is 650 g/mol. The van der Waals surface area contributed by atoms with Gasteiger partial charge in [-0.05, 0) is 55.5 Å². The molecule has 1 unspecified atom stereocenters. The predicted molar refractivity (Wildman–Crippen MR) is 173 cm³/mol. The van der Waals surface area contributed by atoms with Crippen LogP contribution >= 0.6 is 11.8 Å². The van der Waals surface area contributed by atoms with E-state index in [1.807, 2.05) is 77.4 Å². The molecule has 1 atom stereocenters. The first-order valence-electron chi connectivity index (χ1n) is 15.6. The van der Waals surface area contributed by atoms with Crippen LogP contribution in [0.1, 0.15) is 55.1 Å². The maximum Gasteiger partial charge on any atom is 0.416 e. The average Bonchev–Trinajstić information content (AvgIpc) is 3.45. The van der Waals surface area contributed by atoms with E-state index in [-0.39, 0.29) is 17.9 Å². The molecule has 4 aromatic rings. The Morgan fingerprint density at radius 3 is 2.26 bits per heavy atom. The minimum atomic E-state index is -4.47. The number of hydrogen-bond donors (Lipinski definition) is 0. The smallest absolute Gasteiger partial charge is 0.339 e. The summed E-state index contributed by atoms with van der Waals surface area (Å²) in [5.41, 5.74) is 1.74. The molecule has 0 radical (unpaired) electrons. The van der Waals surface area contributed by atoms with E-state index in [0.29, 0.717) is 74.2 Å². The minimum absolute atomic E-state index is 0.0381. The summed E-state index contributed by atoms with van der Waals surface area (Å²) in [5.74, 6) is 1.38. The van der Waals surface area contributed by atoms with Crippen LogP contribution in [0.15, 0.2) is 90.1 Å². The lowest BCUT2D eigenvalue weighted by molar-refractivity contribution is -0.142. The second-order valence-corrected chi connectivity index (χ2v) is 12.6. The van der Waals surface area contributed by atoms with Crippen LogP contribution < -0.4 is 0 Å². The van der Waals surface area contributed by atoms with Crippen molar-refractivity contribution in [3.8, 4) is 5.69 Å². The molecule has 1 aliphatic heterocycles. The van der Waals surface area contributed by atoms with Crippen molar-refractivity contribution in [1.82, 2.24) is 24.6 Å². The van der Waals surface area contributed by atoms with Gasteiger partial charge in [-0.2, -0.15) is 13.2 Å². The van der Waals surface area contributed by atoms with E-state index < -0.39 is 11.7 Å². The van der Waals surface area contributed by atoms with Crippen LogP contribution in [0.5, 0.6) is 0 Å². The number of halogens is 3. The Hall–Kier alpha value is -4.12. The summed E-state index contributed by atoms with van der Waals surface area (Å²) in [6.45, 7) is 3.57. The molecule has 1 saturated heterocycles. The maximum absolute atomic E-state index is 13.5. The zero-order valence-electron chi connectivity index (χ0n) is 25.8. The highest BCUT2D eigenvalue weighted by Gasteiger charge is 2.31. The van der Waals surface area contributed by atoms with Crippen molar-refractivity contribution in [1.29, 1.82) is 0 Å². The molecule has 0 N–H and O–H groups in total. The number of alkyl halides is 3. The number of rotatable bonds is 12. The molecule has 7 nitrogen and oxygen atoms in total. The third-order valence-electron chi connectivity index (χ3n) is 8.12. The Kier molecular flexibility index (Phi) is 11.2. The summed E-state index contributed by atoms with van der Waals surface area (Å²) in [5, 5.41) is 9.19. The number of piperazine rings is 1.